The lowest BCUT2D eigenvalue weighted by Crippen LogP contribution is -2.22. The molecule has 6 nitrogen and oxygen atoms in total. The van der Waals surface area contributed by atoms with Crippen molar-refractivity contribution in [3.8, 4) is 0 Å². The van der Waals surface area contributed by atoms with Crippen LogP contribution in [0.25, 0.3) is 0 Å². The van der Waals surface area contributed by atoms with Crippen LogP contribution in [0.1, 0.15) is 22.8 Å². The van der Waals surface area contributed by atoms with Gasteiger partial charge >= 0.3 is 0 Å². The van der Waals surface area contributed by atoms with Crippen LogP contribution in [-0.2, 0) is 20.1 Å². The van der Waals surface area contributed by atoms with Crippen LogP contribution in [0.15, 0.2) is 24.8 Å². The Morgan fingerprint density at radius 3 is 2.76 bits per heavy atom. The SMILES string of the molecule is CCn1cc(CNC(=O)c2cnn(C)c2)cn1. The Morgan fingerprint density at radius 2 is 2.18 bits per heavy atom. The average Bonchev–Trinajstić information content (AvgIpc) is 2.94. The lowest BCUT2D eigenvalue weighted by molar-refractivity contribution is 0.0951. The molecule has 1 amide bonds. The molecule has 6 heteroatoms. The van der Waals surface area contributed by atoms with Crippen molar-refractivity contribution in [1.82, 2.24) is 24.9 Å². The molecule has 0 aromatic carbocycles. The molecule has 90 valence electrons. The van der Waals surface area contributed by atoms with Crippen molar-refractivity contribution in [2.24, 2.45) is 7.05 Å². The fourth-order valence-electron chi connectivity index (χ4n) is 1.49. The number of carbonyl (C=O) groups is 1. The van der Waals surface area contributed by atoms with Gasteiger partial charge in [-0.3, -0.25) is 14.2 Å². The summed E-state index contributed by atoms with van der Waals surface area (Å²) in [6.45, 7) is 3.33. The Balaban J connectivity index is 1.92. The van der Waals surface area contributed by atoms with Crippen molar-refractivity contribution in [2.45, 2.75) is 20.0 Å². The molecule has 1 N–H and O–H groups in total. The maximum absolute atomic E-state index is 11.7. The van der Waals surface area contributed by atoms with Crippen LogP contribution in [0.3, 0.4) is 0 Å². The largest absolute Gasteiger partial charge is 0.348 e. The molecule has 2 heterocycles. The van der Waals surface area contributed by atoms with Crippen LogP contribution < -0.4 is 5.32 Å². The van der Waals surface area contributed by atoms with Crippen LogP contribution in [0.2, 0.25) is 0 Å². The van der Waals surface area contributed by atoms with Crippen molar-refractivity contribution in [3.05, 3.63) is 35.9 Å². The third-order valence-corrected chi connectivity index (χ3v) is 2.43. The summed E-state index contributed by atoms with van der Waals surface area (Å²) in [5, 5.41) is 10.9. The van der Waals surface area contributed by atoms with Gasteiger partial charge in [-0.25, -0.2) is 0 Å². The molecule has 17 heavy (non-hydrogen) atoms. The fraction of sp³-hybridized carbons (Fsp3) is 0.364. The minimum absolute atomic E-state index is 0.123. The Kier molecular flexibility index (Phi) is 3.22. The Morgan fingerprint density at radius 1 is 1.35 bits per heavy atom. The molecule has 0 saturated heterocycles. The first-order valence-electron chi connectivity index (χ1n) is 5.47. The Bertz CT molecular complexity index is 513. The molecule has 0 fully saturated rings. The summed E-state index contributed by atoms with van der Waals surface area (Å²) in [7, 11) is 1.78. The van der Waals surface area contributed by atoms with E-state index in [1.165, 1.54) is 0 Å². The van der Waals surface area contributed by atoms with Gasteiger partial charge in [0.05, 0.1) is 18.0 Å². The maximum Gasteiger partial charge on any atom is 0.254 e. The quantitative estimate of drug-likeness (QED) is 0.839. The third kappa shape index (κ3) is 2.72. The van der Waals surface area contributed by atoms with Crippen molar-refractivity contribution in [1.29, 1.82) is 0 Å². The number of aromatic nitrogens is 4. The van der Waals surface area contributed by atoms with E-state index in [0.29, 0.717) is 12.1 Å². The van der Waals surface area contributed by atoms with Gasteiger partial charge in [-0.1, -0.05) is 0 Å². The topological polar surface area (TPSA) is 64.7 Å². The summed E-state index contributed by atoms with van der Waals surface area (Å²) < 4.78 is 3.43. The summed E-state index contributed by atoms with van der Waals surface area (Å²) in [5.41, 5.74) is 1.56. The van der Waals surface area contributed by atoms with Gasteiger partial charge in [0, 0.05) is 38.1 Å². The molecule has 0 saturated carbocycles. The van der Waals surface area contributed by atoms with Gasteiger partial charge < -0.3 is 5.32 Å². The first-order valence-corrected chi connectivity index (χ1v) is 5.47. The van der Waals surface area contributed by atoms with Gasteiger partial charge in [0.2, 0.25) is 0 Å². The summed E-state index contributed by atoms with van der Waals surface area (Å²) in [4.78, 5) is 11.7. The monoisotopic (exact) mass is 233 g/mol. The predicted molar refractivity (Wildman–Crippen MR) is 62.3 cm³/mol. The number of aryl methyl sites for hydroxylation is 2. The van der Waals surface area contributed by atoms with Gasteiger partial charge in [0.25, 0.3) is 5.91 Å². The maximum atomic E-state index is 11.7. The second-order valence-corrected chi connectivity index (χ2v) is 3.79. The van der Waals surface area contributed by atoms with Crippen LogP contribution in [0, 0.1) is 0 Å². The third-order valence-electron chi connectivity index (χ3n) is 2.43. The molecular formula is C11H15N5O. The highest BCUT2D eigenvalue weighted by Gasteiger charge is 2.07. The molecular weight excluding hydrogens is 218 g/mol. The molecule has 0 spiro atoms. The molecule has 0 unspecified atom stereocenters. The molecule has 0 aliphatic rings. The summed E-state index contributed by atoms with van der Waals surface area (Å²) in [5.74, 6) is -0.123. The van der Waals surface area contributed by atoms with E-state index in [-0.39, 0.29) is 5.91 Å². The van der Waals surface area contributed by atoms with E-state index in [1.807, 2.05) is 17.8 Å². The summed E-state index contributed by atoms with van der Waals surface area (Å²) in [6.07, 6.45) is 6.91. The van der Waals surface area contributed by atoms with E-state index in [2.05, 4.69) is 15.5 Å². The van der Waals surface area contributed by atoms with E-state index < -0.39 is 0 Å². The number of hydrogen-bond acceptors (Lipinski definition) is 3. The molecule has 0 atom stereocenters. The minimum Gasteiger partial charge on any atom is -0.348 e. The number of nitrogens with zero attached hydrogens (tertiary/aromatic N) is 4. The molecule has 2 rings (SSSR count). The van der Waals surface area contributed by atoms with Crippen molar-refractivity contribution >= 4 is 5.91 Å². The highest BCUT2D eigenvalue weighted by atomic mass is 16.1. The van der Waals surface area contributed by atoms with E-state index in [1.54, 1.807) is 30.3 Å². The lowest BCUT2D eigenvalue weighted by atomic mass is 10.3. The Hall–Kier alpha value is -2.11. The van der Waals surface area contributed by atoms with Gasteiger partial charge in [-0.15, -0.1) is 0 Å². The molecule has 0 radical (unpaired) electrons. The zero-order valence-corrected chi connectivity index (χ0v) is 9.92. The normalized spacial score (nSPS) is 10.5. The summed E-state index contributed by atoms with van der Waals surface area (Å²) >= 11 is 0. The number of amides is 1. The highest BCUT2D eigenvalue weighted by Crippen LogP contribution is 2.00. The standard InChI is InChI=1S/C11H15N5O/c1-3-16-7-9(5-14-16)4-12-11(17)10-6-13-15(2)8-10/h5-8H,3-4H2,1-2H3,(H,12,17). The lowest BCUT2D eigenvalue weighted by Gasteiger charge is -2.00. The van der Waals surface area contributed by atoms with Crippen LogP contribution in [0.4, 0.5) is 0 Å². The molecule has 0 aliphatic carbocycles. The van der Waals surface area contributed by atoms with Gasteiger partial charge in [-0.05, 0) is 6.92 Å². The smallest absolute Gasteiger partial charge is 0.254 e. The molecule has 2 aromatic heterocycles. The fourth-order valence-corrected chi connectivity index (χ4v) is 1.49. The van der Waals surface area contributed by atoms with Crippen LogP contribution >= 0.6 is 0 Å². The average molecular weight is 233 g/mol. The molecule has 2 aromatic rings. The van der Waals surface area contributed by atoms with Crippen LogP contribution in [0.5, 0.6) is 0 Å². The number of hydrogen-bond donors (Lipinski definition) is 1. The second kappa shape index (κ2) is 4.82. The molecule has 0 aliphatic heterocycles. The van der Waals surface area contributed by atoms with Crippen molar-refractivity contribution < 1.29 is 4.79 Å². The van der Waals surface area contributed by atoms with Crippen molar-refractivity contribution in [3.63, 3.8) is 0 Å². The van der Waals surface area contributed by atoms with E-state index >= 15 is 0 Å². The molecule has 0 bridgehead atoms. The van der Waals surface area contributed by atoms with Crippen molar-refractivity contribution in [2.75, 3.05) is 0 Å². The highest BCUT2D eigenvalue weighted by molar-refractivity contribution is 5.93. The van der Waals surface area contributed by atoms with E-state index in [0.717, 1.165) is 12.1 Å². The number of rotatable bonds is 4. The van der Waals surface area contributed by atoms with Gasteiger partial charge in [-0.2, -0.15) is 10.2 Å². The first-order chi connectivity index (χ1) is 8.19. The van der Waals surface area contributed by atoms with Gasteiger partial charge in [0.1, 0.15) is 0 Å². The summed E-state index contributed by atoms with van der Waals surface area (Å²) in [6, 6.07) is 0. The predicted octanol–water partition coefficient (Wildman–Crippen LogP) is 0.566. The Labute approximate surface area is 99.2 Å². The van der Waals surface area contributed by atoms with E-state index in [9.17, 15) is 4.79 Å². The minimum atomic E-state index is -0.123. The van der Waals surface area contributed by atoms with Gasteiger partial charge in [0.15, 0.2) is 0 Å². The van der Waals surface area contributed by atoms with Crippen LogP contribution in [-0.4, -0.2) is 25.5 Å². The first kappa shape index (κ1) is 11.4. The zero-order valence-electron chi connectivity index (χ0n) is 9.92. The number of nitrogens with one attached hydrogen (secondary N) is 1. The zero-order chi connectivity index (χ0) is 12.3. The van der Waals surface area contributed by atoms with E-state index in [4.69, 9.17) is 0 Å². The number of carbonyl (C=O) groups excluding carboxylic acids is 1. The second-order valence-electron chi connectivity index (χ2n) is 3.79.